The molecule has 2 aliphatic carbocycles. The van der Waals surface area contributed by atoms with Crippen molar-refractivity contribution in [2.75, 3.05) is 13.6 Å². The fourth-order valence-electron chi connectivity index (χ4n) is 4.32. The Kier molecular flexibility index (Phi) is 5.50. The first-order valence-corrected chi connectivity index (χ1v) is 8.16. The van der Waals surface area contributed by atoms with Gasteiger partial charge in [0.25, 0.3) is 0 Å². The average molecular weight is 252 g/mol. The van der Waals surface area contributed by atoms with Gasteiger partial charge >= 0.3 is 0 Å². The molecule has 0 aliphatic heterocycles. The molecule has 2 fully saturated rings. The Morgan fingerprint density at radius 2 is 1.50 bits per heavy atom. The standard InChI is InChI=1S/C16H32N2/c1-13-8-6-7-10-15(13)18(2)16-11-5-3-4-9-14(16)12-17/h13-16H,3-12,17H2,1-2H3. The van der Waals surface area contributed by atoms with Gasteiger partial charge in [0, 0.05) is 12.1 Å². The van der Waals surface area contributed by atoms with Gasteiger partial charge in [0.1, 0.15) is 0 Å². The maximum atomic E-state index is 6.04. The predicted octanol–water partition coefficient (Wildman–Crippen LogP) is 3.40. The van der Waals surface area contributed by atoms with Gasteiger partial charge in [-0.3, -0.25) is 4.90 Å². The van der Waals surface area contributed by atoms with E-state index in [4.69, 9.17) is 5.73 Å². The van der Waals surface area contributed by atoms with Gasteiger partial charge in [-0.2, -0.15) is 0 Å². The zero-order valence-electron chi connectivity index (χ0n) is 12.4. The van der Waals surface area contributed by atoms with E-state index < -0.39 is 0 Å². The Hall–Kier alpha value is -0.0800. The Morgan fingerprint density at radius 1 is 0.889 bits per heavy atom. The molecule has 0 radical (unpaired) electrons. The Bertz CT molecular complexity index is 241. The van der Waals surface area contributed by atoms with Gasteiger partial charge in [-0.1, -0.05) is 39.0 Å². The van der Waals surface area contributed by atoms with Crippen molar-refractivity contribution in [1.82, 2.24) is 4.90 Å². The van der Waals surface area contributed by atoms with Crippen LogP contribution in [0, 0.1) is 11.8 Å². The molecule has 0 bridgehead atoms. The van der Waals surface area contributed by atoms with E-state index in [1.165, 1.54) is 57.8 Å². The second-order valence-electron chi connectivity index (χ2n) is 6.70. The van der Waals surface area contributed by atoms with Gasteiger partial charge in [-0.05, 0) is 51.1 Å². The van der Waals surface area contributed by atoms with Crippen molar-refractivity contribution in [1.29, 1.82) is 0 Å². The van der Waals surface area contributed by atoms with Crippen LogP contribution in [0.1, 0.15) is 64.7 Å². The SMILES string of the molecule is CC1CCCCC1N(C)C1CCCCCC1CN. The highest BCUT2D eigenvalue weighted by Crippen LogP contribution is 2.33. The maximum Gasteiger partial charge on any atom is 0.0135 e. The minimum Gasteiger partial charge on any atom is -0.330 e. The Morgan fingerprint density at radius 3 is 2.22 bits per heavy atom. The summed E-state index contributed by atoms with van der Waals surface area (Å²) < 4.78 is 0. The van der Waals surface area contributed by atoms with Crippen LogP contribution >= 0.6 is 0 Å². The minimum atomic E-state index is 0.742. The van der Waals surface area contributed by atoms with Crippen LogP contribution in [0.3, 0.4) is 0 Å². The number of rotatable bonds is 3. The lowest BCUT2D eigenvalue weighted by molar-refractivity contribution is 0.0643. The molecule has 0 saturated heterocycles. The number of hydrogen-bond donors (Lipinski definition) is 1. The molecule has 0 aromatic carbocycles. The van der Waals surface area contributed by atoms with Crippen LogP contribution in [-0.4, -0.2) is 30.6 Å². The molecule has 106 valence electrons. The first-order valence-electron chi connectivity index (χ1n) is 8.16. The molecule has 2 nitrogen and oxygen atoms in total. The molecule has 2 rings (SSSR count). The Labute approximate surface area is 113 Å². The molecule has 0 aromatic rings. The third-order valence-corrected chi connectivity index (χ3v) is 5.53. The van der Waals surface area contributed by atoms with Crippen LogP contribution in [0.4, 0.5) is 0 Å². The van der Waals surface area contributed by atoms with Crippen molar-refractivity contribution in [2.45, 2.75) is 76.8 Å². The molecular weight excluding hydrogens is 220 g/mol. The Balaban J connectivity index is 2.01. The number of nitrogens with zero attached hydrogens (tertiary/aromatic N) is 1. The summed E-state index contributed by atoms with van der Waals surface area (Å²) in [6.07, 6.45) is 12.7. The van der Waals surface area contributed by atoms with E-state index in [2.05, 4.69) is 18.9 Å². The summed E-state index contributed by atoms with van der Waals surface area (Å²) in [5.74, 6) is 1.62. The third kappa shape index (κ3) is 3.27. The number of hydrogen-bond acceptors (Lipinski definition) is 2. The molecule has 2 N–H and O–H groups in total. The molecule has 2 heteroatoms. The summed E-state index contributed by atoms with van der Waals surface area (Å²) in [5.41, 5.74) is 6.04. The van der Waals surface area contributed by atoms with Crippen molar-refractivity contribution in [3.8, 4) is 0 Å². The van der Waals surface area contributed by atoms with Crippen molar-refractivity contribution in [3.63, 3.8) is 0 Å². The average Bonchev–Trinajstić information content (AvgIpc) is 2.63. The highest BCUT2D eigenvalue weighted by atomic mass is 15.2. The predicted molar refractivity (Wildman–Crippen MR) is 78.6 cm³/mol. The molecule has 18 heavy (non-hydrogen) atoms. The monoisotopic (exact) mass is 252 g/mol. The quantitative estimate of drug-likeness (QED) is 0.780. The first kappa shape index (κ1) is 14.3. The van der Waals surface area contributed by atoms with Gasteiger partial charge in [0.2, 0.25) is 0 Å². The second-order valence-corrected chi connectivity index (χ2v) is 6.70. The van der Waals surface area contributed by atoms with Gasteiger partial charge in [0.05, 0.1) is 0 Å². The fraction of sp³-hybridized carbons (Fsp3) is 1.00. The van der Waals surface area contributed by atoms with Gasteiger partial charge < -0.3 is 5.73 Å². The zero-order valence-corrected chi connectivity index (χ0v) is 12.4. The number of nitrogens with two attached hydrogens (primary N) is 1. The summed E-state index contributed by atoms with van der Waals surface area (Å²) in [6.45, 7) is 3.34. The van der Waals surface area contributed by atoms with Crippen molar-refractivity contribution >= 4 is 0 Å². The molecule has 0 amide bonds. The second kappa shape index (κ2) is 6.91. The third-order valence-electron chi connectivity index (χ3n) is 5.53. The molecule has 0 aromatic heterocycles. The van der Waals surface area contributed by atoms with E-state index in [0.29, 0.717) is 0 Å². The molecule has 0 spiro atoms. The van der Waals surface area contributed by atoms with Crippen LogP contribution in [0.5, 0.6) is 0 Å². The summed E-state index contributed by atoms with van der Waals surface area (Å²) in [7, 11) is 2.38. The van der Waals surface area contributed by atoms with Crippen LogP contribution in [-0.2, 0) is 0 Å². The van der Waals surface area contributed by atoms with Crippen molar-refractivity contribution in [2.24, 2.45) is 17.6 Å². The van der Waals surface area contributed by atoms with Gasteiger partial charge in [0.15, 0.2) is 0 Å². The molecular formula is C16H32N2. The summed E-state index contributed by atoms with van der Waals surface area (Å²) in [5, 5.41) is 0. The first-order chi connectivity index (χ1) is 8.74. The van der Waals surface area contributed by atoms with E-state index in [9.17, 15) is 0 Å². The molecule has 4 atom stereocenters. The van der Waals surface area contributed by atoms with E-state index >= 15 is 0 Å². The lowest BCUT2D eigenvalue weighted by Gasteiger charge is -2.43. The summed E-state index contributed by atoms with van der Waals surface area (Å²) in [4.78, 5) is 2.73. The van der Waals surface area contributed by atoms with Crippen LogP contribution in [0.15, 0.2) is 0 Å². The summed E-state index contributed by atoms with van der Waals surface area (Å²) >= 11 is 0. The molecule has 2 saturated carbocycles. The van der Waals surface area contributed by atoms with E-state index in [1.807, 2.05) is 0 Å². The maximum absolute atomic E-state index is 6.04. The van der Waals surface area contributed by atoms with E-state index in [1.54, 1.807) is 0 Å². The van der Waals surface area contributed by atoms with Crippen LogP contribution in [0.25, 0.3) is 0 Å². The van der Waals surface area contributed by atoms with Crippen LogP contribution < -0.4 is 5.73 Å². The van der Waals surface area contributed by atoms with E-state index in [0.717, 1.165) is 30.5 Å². The van der Waals surface area contributed by atoms with Crippen LogP contribution in [0.2, 0.25) is 0 Å². The normalized spacial score (nSPS) is 38.7. The molecule has 0 heterocycles. The lowest BCUT2D eigenvalue weighted by atomic mass is 9.82. The van der Waals surface area contributed by atoms with Gasteiger partial charge in [-0.25, -0.2) is 0 Å². The minimum absolute atomic E-state index is 0.742. The van der Waals surface area contributed by atoms with Crippen molar-refractivity contribution in [3.05, 3.63) is 0 Å². The molecule has 4 unspecified atom stereocenters. The topological polar surface area (TPSA) is 29.3 Å². The highest BCUT2D eigenvalue weighted by Gasteiger charge is 2.33. The van der Waals surface area contributed by atoms with E-state index in [-0.39, 0.29) is 0 Å². The zero-order chi connectivity index (χ0) is 13.0. The smallest absolute Gasteiger partial charge is 0.0135 e. The molecule has 2 aliphatic rings. The summed E-state index contributed by atoms with van der Waals surface area (Å²) in [6, 6.07) is 1.57. The van der Waals surface area contributed by atoms with Crippen molar-refractivity contribution < 1.29 is 0 Å². The van der Waals surface area contributed by atoms with Gasteiger partial charge in [-0.15, -0.1) is 0 Å². The highest BCUT2D eigenvalue weighted by molar-refractivity contribution is 4.88. The largest absolute Gasteiger partial charge is 0.330 e. The lowest BCUT2D eigenvalue weighted by Crippen LogP contribution is -2.49. The fourth-order valence-corrected chi connectivity index (χ4v) is 4.32.